The first-order chi connectivity index (χ1) is 11.8. The van der Waals surface area contributed by atoms with Crippen molar-refractivity contribution in [2.24, 2.45) is 0 Å². The van der Waals surface area contributed by atoms with Gasteiger partial charge in [0.05, 0.1) is 18.6 Å². The maximum atomic E-state index is 12.5. The topological polar surface area (TPSA) is 75.7 Å². The van der Waals surface area contributed by atoms with Gasteiger partial charge in [-0.05, 0) is 25.1 Å². The van der Waals surface area contributed by atoms with Crippen LogP contribution in [0.25, 0.3) is 0 Å². The number of para-hydroxylation sites is 1. The number of likely N-dealkylation sites (N-methyl/N-ethyl adjacent to an activating group) is 1. The van der Waals surface area contributed by atoms with Crippen molar-refractivity contribution >= 4 is 15.9 Å². The van der Waals surface area contributed by atoms with Crippen LogP contribution in [-0.4, -0.2) is 39.3 Å². The van der Waals surface area contributed by atoms with Gasteiger partial charge < -0.3 is 10.1 Å². The van der Waals surface area contributed by atoms with Crippen LogP contribution < -0.4 is 10.1 Å². The Labute approximate surface area is 148 Å². The molecule has 0 atom stereocenters. The molecular formula is C18H22N2O4S. The molecule has 7 heteroatoms. The fraction of sp³-hybridized carbons (Fsp3) is 0.278. The Hall–Kier alpha value is -2.38. The van der Waals surface area contributed by atoms with Crippen LogP contribution in [0.5, 0.6) is 5.75 Å². The molecule has 0 aromatic heterocycles. The van der Waals surface area contributed by atoms with Gasteiger partial charge >= 0.3 is 0 Å². The number of ether oxygens (including phenoxy) is 1. The average Bonchev–Trinajstić information content (AvgIpc) is 2.60. The van der Waals surface area contributed by atoms with Crippen LogP contribution in [0.3, 0.4) is 0 Å². The molecule has 1 amide bonds. The summed E-state index contributed by atoms with van der Waals surface area (Å²) in [6, 6.07) is 13.8. The second-order valence-electron chi connectivity index (χ2n) is 5.66. The smallest absolute Gasteiger partial charge is 0.243 e. The molecule has 6 nitrogen and oxygen atoms in total. The maximum absolute atomic E-state index is 12.5. The Kier molecular flexibility index (Phi) is 6.17. The zero-order valence-corrected chi connectivity index (χ0v) is 15.3. The van der Waals surface area contributed by atoms with Crippen LogP contribution in [0.2, 0.25) is 0 Å². The number of rotatable bonds is 7. The number of hydrogen-bond acceptors (Lipinski definition) is 4. The van der Waals surface area contributed by atoms with E-state index in [0.717, 1.165) is 15.4 Å². The molecule has 0 unspecified atom stereocenters. The van der Waals surface area contributed by atoms with Gasteiger partial charge in [-0.3, -0.25) is 4.79 Å². The minimum absolute atomic E-state index is 0.165. The van der Waals surface area contributed by atoms with E-state index in [0.29, 0.717) is 5.75 Å². The van der Waals surface area contributed by atoms with Gasteiger partial charge in [0, 0.05) is 19.2 Å². The highest BCUT2D eigenvalue weighted by molar-refractivity contribution is 7.89. The van der Waals surface area contributed by atoms with E-state index in [1.54, 1.807) is 25.3 Å². The summed E-state index contributed by atoms with van der Waals surface area (Å²) < 4.78 is 31.2. The summed E-state index contributed by atoms with van der Waals surface area (Å²) in [6.07, 6.45) is 0. The molecule has 0 fully saturated rings. The van der Waals surface area contributed by atoms with Gasteiger partial charge in [0.25, 0.3) is 0 Å². The molecule has 0 saturated heterocycles. The van der Waals surface area contributed by atoms with E-state index in [4.69, 9.17) is 4.74 Å². The van der Waals surface area contributed by atoms with Gasteiger partial charge in [0.2, 0.25) is 15.9 Å². The second-order valence-corrected chi connectivity index (χ2v) is 7.71. The molecule has 0 heterocycles. The largest absolute Gasteiger partial charge is 0.496 e. The Balaban J connectivity index is 1.98. The van der Waals surface area contributed by atoms with Gasteiger partial charge in [0.1, 0.15) is 5.75 Å². The van der Waals surface area contributed by atoms with E-state index < -0.39 is 10.0 Å². The third-order valence-corrected chi connectivity index (χ3v) is 5.58. The van der Waals surface area contributed by atoms with E-state index in [-0.39, 0.29) is 23.9 Å². The summed E-state index contributed by atoms with van der Waals surface area (Å²) in [5.74, 6) is 0.285. The van der Waals surface area contributed by atoms with E-state index in [1.807, 2.05) is 25.1 Å². The average molecular weight is 362 g/mol. The van der Waals surface area contributed by atoms with Gasteiger partial charge in [0.15, 0.2) is 0 Å². The standard InChI is InChI=1S/C18H22N2O4S/c1-14-8-10-16(11-9-14)25(22,23)20(2)13-18(21)19-12-15-6-4-5-7-17(15)24-3/h4-11H,12-13H2,1-3H3,(H,19,21). The summed E-state index contributed by atoms with van der Waals surface area (Å²) in [5.41, 5.74) is 1.79. The minimum Gasteiger partial charge on any atom is -0.496 e. The van der Waals surface area contributed by atoms with Crippen molar-refractivity contribution in [3.05, 3.63) is 59.7 Å². The van der Waals surface area contributed by atoms with Crippen molar-refractivity contribution in [2.45, 2.75) is 18.4 Å². The molecule has 0 aliphatic rings. The van der Waals surface area contributed by atoms with Crippen LogP contribution in [0.15, 0.2) is 53.4 Å². The lowest BCUT2D eigenvalue weighted by molar-refractivity contribution is -0.121. The van der Waals surface area contributed by atoms with Crippen molar-refractivity contribution in [3.8, 4) is 5.75 Å². The fourth-order valence-corrected chi connectivity index (χ4v) is 3.40. The summed E-state index contributed by atoms with van der Waals surface area (Å²) in [5, 5.41) is 2.71. The Morgan fingerprint density at radius 3 is 2.40 bits per heavy atom. The van der Waals surface area contributed by atoms with Crippen molar-refractivity contribution < 1.29 is 17.9 Å². The lowest BCUT2D eigenvalue weighted by Crippen LogP contribution is -2.38. The number of amides is 1. The maximum Gasteiger partial charge on any atom is 0.243 e. The van der Waals surface area contributed by atoms with Crippen LogP contribution in [-0.2, 0) is 21.4 Å². The molecule has 0 spiro atoms. The normalized spacial score (nSPS) is 11.4. The quantitative estimate of drug-likeness (QED) is 0.817. The van der Waals surface area contributed by atoms with E-state index in [1.165, 1.54) is 19.2 Å². The monoisotopic (exact) mass is 362 g/mol. The zero-order chi connectivity index (χ0) is 18.4. The molecule has 2 aromatic carbocycles. The SMILES string of the molecule is COc1ccccc1CNC(=O)CN(C)S(=O)(=O)c1ccc(C)cc1. The number of methoxy groups -OCH3 is 1. The summed E-state index contributed by atoms with van der Waals surface area (Å²) in [7, 11) is -0.754. The third kappa shape index (κ3) is 4.80. The third-order valence-electron chi connectivity index (χ3n) is 3.76. The van der Waals surface area contributed by atoms with Crippen molar-refractivity contribution in [1.29, 1.82) is 0 Å². The molecule has 0 radical (unpaired) electrons. The van der Waals surface area contributed by atoms with E-state index >= 15 is 0 Å². The summed E-state index contributed by atoms with van der Waals surface area (Å²) >= 11 is 0. The lowest BCUT2D eigenvalue weighted by Gasteiger charge is -2.17. The number of sulfonamides is 1. The highest BCUT2D eigenvalue weighted by Crippen LogP contribution is 2.17. The summed E-state index contributed by atoms with van der Waals surface area (Å²) in [6.45, 7) is 1.89. The van der Waals surface area contributed by atoms with Gasteiger partial charge in [-0.2, -0.15) is 4.31 Å². The molecule has 0 aliphatic heterocycles. The van der Waals surface area contributed by atoms with Crippen molar-refractivity contribution in [3.63, 3.8) is 0 Å². The first-order valence-electron chi connectivity index (χ1n) is 7.76. The predicted molar refractivity (Wildman–Crippen MR) is 95.8 cm³/mol. The predicted octanol–water partition coefficient (Wildman–Crippen LogP) is 1.94. The highest BCUT2D eigenvalue weighted by atomic mass is 32.2. The Morgan fingerprint density at radius 2 is 1.76 bits per heavy atom. The van der Waals surface area contributed by atoms with Gasteiger partial charge in [-0.1, -0.05) is 35.9 Å². The van der Waals surface area contributed by atoms with Crippen LogP contribution in [0, 0.1) is 6.92 Å². The number of nitrogens with one attached hydrogen (secondary N) is 1. The molecular weight excluding hydrogens is 340 g/mol. The molecule has 0 aliphatic carbocycles. The van der Waals surface area contributed by atoms with Crippen molar-refractivity contribution in [2.75, 3.05) is 20.7 Å². The minimum atomic E-state index is -3.70. The van der Waals surface area contributed by atoms with E-state index in [2.05, 4.69) is 5.32 Å². The molecule has 25 heavy (non-hydrogen) atoms. The number of nitrogens with zero attached hydrogens (tertiary/aromatic N) is 1. The lowest BCUT2D eigenvalue weighted by atomic mass is 10.2. The second kappa shape index (κ2) is 8.13. The first kappa shape index (κ1) is 19.0. The molecule has 0 bridgehead atoms. The molecule has 2 aromatic rings. The fourth-order valence-electron chi connectivity index (χ4n) is 2.28. The molecule has 134 valence electrons. The number of benzene rings is 2. The molecule has 0 saturated carbocycles. The Morgan fingerprint density at radius 1 is 1.12 bits per heavy atom. The van der Waals surface area contributed by atoms with Crippen LogP contribution in [0.1, 0.15) is 11.1 Å². The highest BCUT2D eigenvalue weighted by Gasteiger charge is 2.22. The number of aryl methyl sites for hydroxylation is 1. The zero-order valence-electron chi connectivity index (χ0n) is 14.5. The first-order valence-corrected chi connectivity index (χ1v) is 9.20. The molecule has 1 N–H and O–H groups in total. The van der Waals surface area contributed by atoms with Gasteiger partial charge in [-0.25, -0.2) is 8.42 Å². The van der Waals surface area contributed by atoms with Crippen molar-refractivity contribution in [1.82, 2.24) is 9.62 Å². The Bertz CT molecular complexity index is 832. The molecule has 2 rings (SSSR count). The number of carbonyl (C=O) groups is 1. The number of carbonyl (C=O) groups excluding carboxylic acids is 1. The number of hydrogen-bond donors (Lipinski definition) is 1. The van der Waals surface area contributed by atoms with Gasteiger partial charge in [-0.15, -0.1) is 0 Å². The van der Waals surface area contributed by atoms with Crippen LogP contribution >= 0.6 is 0 Å². The summed E-state index contributed by atoms with van der Waals surface area (Å²) in [4.78, 5) is 12.3. The van der Waals surface area contributed by atoms with E-state index in [9.17, 15) is 13.2 Å². The van der Waals surface area contributed by atoms with Crippen LogP contribution in [0.4, 0.5) is 0 Å².